The first-order chi connectivity index (χ1) is 49.1. The van der Waals surface area contributed by atoms with E-state index >= 15 is 0 Å². The molecule has 0 saturated carbocycles. The van der Waals surface area contributed by atoms with Crippen LogP contribution in [0, 0.1) is 21.4 Å². The van der Waals surface area contributed by atoms with Crippen LogP contribution in [0.15, 0.2) is 394 Å². The van der Waals surface area contributed by atoms with Crippen LogP contribution in [0.4, 0.5) is 24.5 Å². The third-order valence-electron chi connectivity index (χ3n) is 15.3. The van der Waals surface area contributed by atoms with Gasteiger partial charge in [-0.05, 0) is 120 Å². The van der Waals surface area contributed by atoms with Crippen LogP contribution in [0.5, 0.6) is 0 Å². The molecule has 0 radical (unpaired) electrons. The number of hydrogen-bond acceptors (Lipinski definition) is 5. The number of rotatable bonds is 16. The van der Waals surface area contributed by atoms with Gasteiger partial charge in [-0.15, -0.1) is 0 Å². The lowest BCUT2D eigenvalue weighted by molar-refractivity contribution is -0.384. The zero-order valence-electron chi connectivity index (χ0n) is 54.8. The third-order valence-corrected chi connectivity index (χ3v) is 25.1. The fourth-order valence-corrected chi connectivity index (χ4v) is 20.1. The molecule has 6 nitrogen and oxygen atoms in total. The lowest BCUT2D eigenvalue weighted by Crippen LogP contribution is -2.20. The summed E-state index contributed by atoms with van der Waals surface area (Å²) in [6.45, 7) is 2.03. The summed E-state index contributed by atoms with van der Waals surface area (Å²) in [5.74, 6) is 0. The molecule has 14 rings (SSSR count). The van der Waals surface area contributed by atoms with Gasteiger partial charge in [0.1, 0.15) is 11.8 Å². The number of nitrogens with one attached hydrogen (secondary N) is 1. The number of anilines is 1. The second-order valence-corrected chi connectivity index (χ2v) is 31.0. The van der Waals surface area contributed by atoms with E-state index < -0.39 is 59.7 Å². The Hall–Kier alpha value is -10.8. The van der Waals surface area contributed by atoms with Crippen LogP contribution in [0.1, 0.15) is 18.2 Å². The van der Waals surface area contributed by atoms with Crippen molar-refractivity contribution in [3.8, 4) is 17.3 Å². The number of halogens is 3. The molecule has 0 saturated heterocycles. The molecule has 14 aromatic rings. The minimum absolute atomic E-state index is 0.0291. The summed E-state index contributed by atoms with van der Waals surface area (Å²) in [6, 6.07) is 137. The molecule has 0 aliphatic rings. The molecule has 0 spiro atoms. The van der Waals surface area contributed by atoms with Crippen LogP contribution in [0.3, 0.4) is 0 Å². The van der Waals surface area contributed by atoms with E-state index in [1.807, 2.05) is 0 Å². The highest BCUT2D eigenvalue weighted by molar-refractivity contribution is 7.81. The standard InChI is InChI=1S/4C18H15P.C15H11F3N4O2/c4*1-4-10-16(11-5-1)19(17-12-6-2-7-13-17)18-14-8-3-9-15-18;1-2-20-12-7-11(21-13(8-19)14(12)22(23)24)9-4-3-5-10(6-9)15(16,17)18/h4*1-15H;3-7H,2H2,1H3,(H,20,21). The molecule has 0 bridgehead atoms. The van der Waals surface area contributed by atoms with Crippen molar-refractivity contribution < 1.29 is 18.1 Å². The Labute approximate surface area is 589 Å². The molecule has 1 heterocycles. The fraction of sp³-hybridized carbons (Fsp3) is 0.0345. The van der Waals surface area contributed by atoms with E-state index in [9.17, 15) is 23.3 Å². The van der Waals surface area contributed by atoms with E-state index in [4.69, 9.17) is 5.26 Å². The number of nitrogens with zero attached hydrogens (tertiary/aromatic N) is 3. The predicted octanol–water partition coefficient (Wildman–Crippen LogP) is 17.8. The van der Waals surface area contributed by atoms with Crippen molar-refractivity contribution in [1.82, 2.24) is 4.98 Å². The van der Waals surface area contributed by atoms with Gasteiger partial charge in [0.25, 0.3) is 0 Å². The van der Waals surface area contributed by atoms with E-state index in [0.717, 1.165) is 12.1 Å². The maximum atomic E-state index is 12.8. The highest BCUT2D eigenvalue weighted by atomic mass is 31.1. The van der Waals surface area contributed by atoms with E-state index in [1.165, 1.54) is 81.9 Å². The number of alkyl halides is 3. The van der Waals surface area contributed by atoms with Crippen LogP contribution in [0.25, 0.3) is 11.3 Å². The van der Waals surface area contributed by atoms with Gasteiger partial charge in [-0.1, -0.05) is 376 Å². The molecular formula is C87H71F3N4O2P4. The van der Waals surface area contributed by atoms with Gasteiger partial charge in [0.05, 0.1) is 16.2 Å². The zero-order chi connectivity index (χ0) is 69.6. The normalized spacial score (nSPS) is 10.7. The topological polar surface area (TPSA) is 91.8 Å². The molecule has 0 unspecified atom stereocenters. The van der Waals surface area contributed by atoms with Crippen LogP contribution >= 0.6 is 31.7 Å². The van der Waals surface area contributed by atoms with Crippen LogP contribution in [0.2, 0.25) is 0 Å². The molecule has 0 aliphatic heterocycles. The molecule has 1 N–H and O–H groups in total. The maximum Gasteiger partial charge on any atom is 0.416 e. The van der Waals surface area contributed by atoms with Crippen molar-refractivity contribution >= 4 is 107 Å². The Morgan fingerprint density at radius 2 is 0.580 bits per heavy atom. The number of aromatic nitrogens is 1. The van der Waals surface area contributed by atoms with Crippen LogP contribution in [-0.4, -0.2) is 16.5 Å². The fourth-order valence-electron chi connectivity index (χ4n) is 10.8. The third kappa shape index (κ3) is 20.4. The molecule has 100 heavy (non-hydrogen) atoms. The van der Waals surface area contributed by atoms with Gasteiger partial charge in [-0.3, -0.25) is 10.1 Å². The van der Waals surface area contributed by atoms with E-state index in [0.29, 0.717) is 6.54 Å². The second-order valence-electron chi connectivity index (χ2n) is 22.1. The smallest absolute Gasteiger partial charge is 0.380 e. The SMILES string of the molecule is CCNc1cc(-c2cccc(C(F)(F)F)c2)nc(C#N)c1[N+](=O)[O-].c1ccc(P(c2ccccc2)c2ccccc2)cc1.c1ccc(P(c2ccccc2)c2ccccc2)cc1.c1ccc(P(c2ccccc2)c2ccccc2)cc1.c1ccc(P(c2ccccc2)c2ccccc2)cc1. The first-order valence-electron chi connectivity index (χ1n) is 32.4. The summed E-state index contributed by atoms with van der Waals surface area (Å²) in [7, 11) is -1.78. The highest BCUT2D eigenvalue weighted by Crippen LogP contribution is 2.38. The van der Waals surface area contributed by atoms with Gasteiger partial charge in [-0.25, -0.2) is 4.98 Å². The van der Waals surface area contributed by atoms with Crippen LogP contribution < -0.4 is 69.0 Å². The van der Waals surface area contributed by atoms with Crippen molar-refractivity contribution in [3.63, 3.8) is 0 Å². The van der Waals surface area contributed by atoms with Crippen LogP contribution in [-0.2, 0) is 6.18 Å². The monoisotopic (exact) mass is 1380 g/mol. The number of benzene rings is 13. The molecule has 0 fully saturated rings. The number of nitro groups is 1. The molecule has 0 amide bonds. The first kappa shape index (κ1) is 72.0. The van der Waals surface area contributed by atoms with Crippen molar-refractivity contribution in [3.05, 3.63) is 416 Å². The summed E-state index contributed by atoms with van der Waals surface area (Å²) in [4.78, 5) is 14.2. The molecule has 13 heteroatoms. The van der Waals surface area contributed by atoms with E-state index in [1.54, 1.807) is 13.0 Å². The molecule has 1 aromatic heterocycles. The van der Waals surface area contributed by atoms with E-state index in [-0.39, 0.29) is 16.9 Å². The maximum absolute atomic E-state index is 12.8. The molecule has 0 atom stereocenters. The molecular weight excluding hydrogens is 1310 g/mol. The average Bonchev–Trinajstić information content (AvgIpc) is 0.828. The van der Waals surface area contributed by atoms with E-state index in [2.05, 4.69) is 374 Å². The second kappa shape index (κ2) is 37.8. The summed E-state index contributed by atoms with van der Waals surface area (Å²) in [5, 5.41) is 39.7. The lowest BCUT2D eigenvalue weighted by atomic mass is 10.1. The lowest BCUT2D eigenvalue weighted by Gasteiger charge is -2.18. The van der Waals surface area contributed by atoms with Gasteiger partial charge in [-0.2, -0.15) is 18.4 Å². The Morgan fingerprint density at radius 1 is 0.360 bits per heavy atom. The van der Waals surface area contributed by atoms with Gasteiger partial charge < -0.3 is 5.32 Å². The predicted molar refractivity (Wildman–Crippen MR) is 421 cm³/mol. The molecule has 0 aliphatic carbocycles. The Kier molecular flexibility index (Phi) is 27.2. The largest absolute Gasteiger partial charge is 0.416 e. The minimum atomic E-state index is -4.53. The summed E-state index contributed by atoms with van der Waals surface area (Å²) in [6.07, 6.45) is -4.53. The Morgan fingerprint density at radius 3 is 0.760 bits per heavy atom. The summed E-state index contributed by atoms with van der Waals surface area (Å²) in [5.41, 5.74) is -1.67. The van der Waals surface area contributed by atoms with Crippen molar-refractivity contribution in [2.24, 2.45) is 0 Å². The van der Waals surface area contributed by atoms with Crippen molar-refractivity contribution in [1.29, 1.82) is 5.26 Å². The highest BCUT2D eigenvalue weighted by Gasteiger charge is 2.31. The van der Waals surface area contributed by atoms with Gasteiger partial charge in [0.2, 0.25) is 5.69 Å². The number of nitriles is 1. The van der Waals surface area contributed by atoms with Gasteiger partial charge in [0.15, 0.2) is 0 Å². The van der Waals surface area contributed by atoms with Crippen molar-refractivity contribution in [2.45, 2.75) is 13.1 Å². The van der Waals surface area contributed by atoms with Gasteiger partial charge in [0, 0.05) is 12.1 Å². The summed E-state index contributed by atoms with van der Waals surface area (Å²) >= 11 is 0. The Bertz CT molecular complexity index is 3890. The molecule has 492 valence electrons. The molecule has 13 aromatic carbocycles. The first-order valence-corrected chi connectivity index (χ1v) is 37.8. The summed E-state index contributed by atoms with van der Waals surface area (Å²) < 4.78 is 38.5. The average molecular weight is 1390 g/mol. The Balaban J connectivity index is 0.000000135. The number of hydrogen-bond donors (Lipinski definition) is 1. The van der Waals surface area contributed by atoms with Gasteiger partial charge >= 0.3 is 11.9 Å². The zero-order valence-corrected chi connectivity index (χ0v) is 58.4. The van der Waals surface area contributed by atoms with Crippen molar-refractivity contribution in [2.75, 3.05) is 11.9 Å². The number of pyridine rings is 1. The minimum Gasteiger partial charge on any atom is -0.380 e. The quantitative estimate of drug-likeness (QED) is 0.0591.